The van der Waals surface area contributed by atoms with Gasteiger partial charge in [0.15, 0.2) is 21.3 Å². The predicted molar refractivity (Wildman–Crippen MR) is 71.7 cm³/mol. The van der Waals surface area contributed by atoms with Crippen LogP contribution >= 0.6 is 0 Å². The Morgan fingerprint density at radius 1 is 1.26 bits per heavy atom. The lowest BCUT2D eigenvalue weighted by Gasteiger charge is -2.23. The van der Waals surface area contributed by atoms with Crippen molar-refractivity contribution in [2.24, 2.45) is 0 Å². The summed E-state index contributed by atoms with van der Waals surface area (Å²) in [6, 6.07) is 7.87. The summed E-state index contributed by atoms with van der Waals surface area (Å²) in [6.07, 6.45) is 0.748. The molecular formula is C15H12O3S. The zero-order valence-corrected chi connectivity index (χ0v) is 11.5. The Hall–Kier alpha value is -1.65. The van der Waals surface area contributed by atoms with Crippen LogP contribution in [-0.2, 0) is 17.6 Å². The smallest absolute Gasteiger partial charge is 0.212 e. The summed E-state index contributed by atoms with van der Waals surface area (Å²) in [4.78, 5) is 1.77. The SMILES string of the molecule is COc1c2c(c(C)c3c1O3)[S+]([O-])c1ccccc1C2. The molecule has 0 saturated heterocycles. The van der Waals surface area contributed by atoms with E-state index in [2.05, 4.69) is 0 Å². The van der Waals surface area contributed by atoms with Crippen molar-refractivity contribution >= 4 is 11.2 Å². The van der Waals surface area contributed by atoms with Gasteiger partial charge in [-0.25, -0.2) is 0 Å². The highest BCUT2D eigenvalue weighted by Crippen LogP contribution is 2.60. The quantitative estimate of drug-likeness (QED) is 0.505. The van der Waals surface area contributed by atoms with Crippen molar-refractivity contribution in [3.63, 3.8) is 0 Å². The van der Waals surface area contributed by atoms with Crippen LogP contribution < -0.4 is 9.47 Å². The Morgan fingerprint density at radius 2 is 2.05 bits per heavy atom. The van der Waals surface area contributed by atoms with Crippen molar-refractivity contribution in [2.75, 3.05) is 7.11 Å². The summed E-state index contributed by atoms with van der Waals surface area (Å²) in [6.45, 7) is 1.97. The molecule has 19 heavy (non-hydrogen) atoms. The molecule has 2 aliphatic rings. The number of ether oxygens (including phenoxy) is 2. The zero-order valence-electron chi connectivity index (χ0n) is 10.6. The molecule has 0 aromatic heterocycles. The van der Waals surface area contributed by atoms with E-state index >= 15 is 0 Å². The van der Waals surface area contributed by atoms with Crippen LogP contribution in [0.1, 0.15) is 16.7 Å². The van der Waals surface area contributed by atoms with Crippen molar-refractivity contribution in [2.45, 2.75) is 23.1 Å². The molecule has 0 fully saturated rings. The molecule has 0 saturated carbocycles. The van der Waals surface area contributed by atoms with Gasteiger partial charge in [-0.3, -0.25) is 0 Å². The molecule has 0 bridgehead atoms. The molecule has 2 aromatic carbocycles. The van der Waals surface area contributed by atoms with E-state index in [-0.39, 0.29) is 0 Å². The molecule has 4 heteroatoms. The van der Waals surface area contributed by atoms with Crippen molar-refractivity contribution in [1.29, 1.82) is 0 Å². The van der Waals surface area contributed by atoms with Gasteiger partial charge in [-0.2, -0.15) is 0 Å². The molecule has 2 aliphatic heterocycles. The minimum atomic E-state index is -1.15. The first-order chi connectivity index (χ1) is 9.22. The first-order valence-electron chi connectivity index (χ1n) is 6.13. The maximum atomic E-state index is 12.8. The van der Waals surface area contributed by atoms with Crippen molar-refractivity contribution in [3.05, 3.63) is 41.0 Å². The van der Waals surface area contributed by atoms with E-state index in [4.69, 9.17) is 9.47 Å². The first kappa shape index (κ1) is 11.2. The van der Waals surface area contributed by atoms with E-state index in [1.807, 2.05) is 31.2 Å². The minimum absolute atomic E-state index is 0.748. The Morgan fingerprint density at radius 3 is 2.84 bits per heavy atom. The van der Waals surface area contributed by atoms with Crippen molar-refractivity contribution < 1.29 is 14.0 Å². The number of benzene rings is 2. The van der Waals surface area contributed by atoms with Crippen LogP contribution in [0.2, 0.25) is 0 Å². The summed E-state index contributed by atoms with van der Waals surface area (Å²) in [7, 11) is 1.64. The van der Waals surface area contributed by atoms with Crippen LogP contribution in [0.3, 0.4) is 0 Å². The summed E-state index contributed by atoms with van der Waals surface area (Å²) >= 11 is -1.15. The number of fused-ring (bicyclic) bond motifs is 3. The van der Waals surface area contributed by atoms with Gasteiger partial charge in [0.25, 0.3) is 0 Å². The second kappa shape index (κ2) is 3.68. The van der Waals surface area contributed by atoms with Crippen LogP contribution in [0.5, 0.6) is 17.2 Å². The number of hydrogen-bond donors (Lipinski definition) is 0. The summed E-state index contributed by atoms with van der Waals surface area (Å²) in [5.74, 6) is 2.40. The Bertz CT molecular complexity index is 709. The topological polar surface area (TPSA) is 44.8 Å². The van der Waals surface area contributed by atoms with Crippen LogP contribution in [0, 0.1) is 6.92 Å². The zero-order chi connectivity index (χ0) is 13.1. The van der Waals surface area contributed by atoms with Crippen LogP contribution in [0.25, 0.3) is 0 Å². The van der Waals surface area contributed by atoms with E-state index in [1.54, 1.807) is 7.11 Å². The fourth-order valence-electron chi connectivity index (χ4n) is 2.80. The highest BCUT2D eigenvalue weighted by Gasteiger charge is 2.42. The van der Waals surface area contributed by atoms with Gasteiger partial charge in [-0.15, -0.1) is 0 Å². The fraction of sp³-hybridized carbons (Fsp3) is 0.200. The number of hydrogen-bond acceptors (Lipinski definition) is 3. The van der Waals surface area contributed by atoms with E-state index in [0.29, 0.717) is 0 Å². The van der Waals surface area contributed by atoms with E-state index in [9.17, 15) is 4.55 Å². The molecule has 96 valence electrons. The van der Waals surface area contributed by atoms with E-state index < -0.39 is 11.2 Å². The molecule has 1 atom stereocenters. The maximum Gasteiger partial charge on any atom is 0.212 e. The summed E-state index contributed by atoms with van der Waals surface area (Å²) in [5, 5.41) is 0. The average molecular weight is 272 g/mol. The Kier molecular flexibility index (Phi) is 2.17. The summed E-state index contributed by atoms with van der Waals surface area (Å²) < 4.78 is 23.7. The van der Waals surface area contributed by atoms with E-state index in [1.165, 1.54) is 0 Å². The molecule has 2 aromatic rings. The van der Waals surface area contributed by atoms with Gasteiger partial charge in [-0.1, -0.05) is 18.2 Å². The average Bonchev–Trinajstić information content (AvgIpc) is 3.20. The molecule has 0 radical (unpaired) electrons. The highest BCUT2D eigenvalue weighted by atomic mass is 32.2. The van der Waals surface area contributed by atoms with Crippen LogP contribution in [0.15, 0.2) is 34.1 Å². The molecule has 4 rings (SSSR count). The standard InChI is InChI=1S/C15H12O3S/c1-8-12-14(18-12)13(17-2)10-7-9-5-3-4-6-11(9)19(16)15(8)10/h3-6H,7H2,1-2H3. The third-order valence-electron chi connectivity index (χ3n) is 3.73. The maximum absolute atomic E-state index is 12.8. The lowest BCUT2D eigenvalue weighted by atomic mass is 10.0. The fourth-order valence-corrected chi connectivity index (χ4v) is 4.36. The Labute approximate surface area is 114 Å². The van der Waals surface area contributed by atoms with Crippen LogP contribution in [-0.4, -0.2) is 11.7 Å². The van der Waals surface area contributed by atoms with Gasteiger partial charge >= 0.3 is 0 Å². The minimum Gasteiger partial charge on any atom is -0.606 e. The molecule has 0 amide bonds. The third kappa shape index (κ3) is 1.38. The molecule has 0 aliphatic carbocycles. The second-order valence-corrected chi connectivity index (χ2v) is 6.16. The normalized spacial score (nSPS) is 17.9. The molecule has 0 spiro atoms. The molecule has 1 unspecified atom stereocenters. The van der Waals surface area contributed by atoms with Gasteiger partial charge < -0.3 is 14.0 Å². The highest BCUT2D eigenvalue weighted by molar-refractivity contribution is 7.91. The van der Waals surface area contributed by atoms with Crippen LogP contribution in [0.4, 0.5) is 0 Å². The lowest BCUT2D eigenvalue weighted by molar-refractivity contribution is 0.402. The molecule has 3 nitrogen and oxygen atoms in total. The monoisotopic (exact) mass is 272 g/mol. The van der Waals surface area contributed by atoms with E-state index in [0.717, 1.165) is 50.2 Å². The first-order valence-corrected chi connectivity index (χ1v) is 7.28. The second-order valence-electron chi connectivity index (χ2n) is 4.78. The van der Waals surface area contributed by atoms with Gasteiger partial charge in [0.2, 0.25) is 5.75 Å². The van der Waals surface area contributed by atoms with Gasteiger partial charge in [0.1, 0.15) is 0 Å². The van der Waals surface area contributed by atoms with Gasteiger partial charge in [0, 0.05) is 23.2 Å². The van der Waals surface area contributed by atoms with Crippen molar-refractivity contribution in [3.8, 4) is 17.2 Å². The predicted octanol–water partition coefficient (Wildman–Crippen LogP) is 3.18. The Balaban J connectivity index is 2.01. The largest absolute Gasteiger partial charge is 0.606 e. The van der Waals surface area contributed by atoms with Crippen molar-refractivity contribution in [1.82, 2.24) is 0 Å². The summed E-state index contributed by atoms with van der Waals surface area (Å²) in [5.41, 5.74) is 3.10. The lowest BCUT2D eigenvalue weighted by Crippen LogP contribution is -2.16. The third-order valence-corrected chi connectivity index (χ3v) is 5.45. The number of methoxy groups -OCH3 is 1. The van der Waals surface area contributed by atoms with Gasteiger partial charge in [-0.05, 0) is 13.0 Å². The molecular weight excluding hydrogens is 260 g/mol. The molecule has 2 heterocycles. The number of rotatable bonds is 1. The van der Waals surface area contributed by atoms with Gasteiger partial charge in [0.05, 0.1) is 18.2 Å². The molecule has 0 N–H and O–H groups in total.